The van der Waals surface area contributed by atoms with Crippen molar-refractivity contribution < 1.29 is 9.84 Å². The molecule has 0 saturated carbocycles. The third-order valence-corrected chi connectivity index (χ3v) is 4.48. The Morgan fingerprint density at radius 1 is 1.43 bits per heavy atom. The Hall–Kier alpha value is -0.900. The topological polar surface area (TPSA) is 32.7 Å². The van der Waals surface area contributed by atoms with Crippen molar-refractivity contribution in [1.29, 1.82) is 0 Å². The highest BCUT2D eigenvalue weighted by Crippen LogP contribution is 2.36. The van der Waals surface area contributed by atoms with Crippen molar-refractivity contribution in [2.75, 3.05) is 6.73 Å². The van der Waals surface area contributed by atoms with Gasteiger partial charge in [-0.05, 0) is 52.2 Å². The van der Waals surface area contributed by atoms with Crippen molar-refractivity contribution in [3.8, 4) is 0 Å². The van der Waals surface area contributed by atoms with Crippen LogP contribution in [0.3, 0.4) is 0 Å². The summed E-state index contributed by atoms with van der Waals surface area (Å²) in [6.45, 7) is 16.7. The molecular formula is C18H31NO2. The number of nitrogens with zero attached hydrogens (tertiary/aromatic N) is 1. The monoisotopic (exact) mass is 293 g/mol. The van der Waals surface area contributed by atoms with Crippen LogP contribution in [0, 0.1) is 0 Å². The molecule has 0 radical (unpaired) electrons. The molecule has 1 aliphatic rings. The summed E-state index contributed by atoms with van der Waals surface area (Å²) in [5.41, 5.74) is 2.25. The van der Waals surface area contributed by atoms with Gasteiger partial charge in [-0.3, -0.25) is 4.90 Å². The smallest absolute Gasteiger partial charge is 0.101 e. The number of aliphatic hydroxyl groups is 1. The van der Waals surface area contributed by atoms with Gasteiger partial charge in [0.25, 0.3) is 0 Å². The lowest BCUT2D eigenvalue weighted by Crippen LogP contribution is -2.44. The molecule has 1 saturated heterocycles. The lowest BCUT2D eigenvalue weighted by Gasteiger charge is -2.33. The zero-order chi connectivity index (χ0) is 16.2. The molecule has 0 aliphatic carbocycles. The summed E-state index contributed by atoms with van der Waals surface area (Å²) in [5.74, 6) is 0. The maximum Gasteiger partial charge on any atom is 0.101 e. The Labute approximate surface area is 130 Å². The van der Waals surface area contributed by atoms with Gasteiger partial charge in [-0.1, -0.05) is 31.7 Å². The fourth-order valence-corrected chi connectivity index (χ4v) is 2.79. The Bertz CT molecular complexity index is 421. The van der Waals surface area contributed by atoms with Crippen LogP contribution >= 0.6 is 0 Å². The average Bonchev–Trinajstić information content (AvgIpc) is 2.70. The molecular weight excluding hydrogens is 262 g/mol. The van der Waals surface area contributed by atoms with Crippen molar-refractivity contribution in [2.24, 2.45) is 0 Å². The summed E-state index contributed by atoms with van der Waals surface area (Å²) in [5, 5.41) is 10.2. The predicted octanol–water partition coefficient (Wildman–Crippen LogP) is 3.66. The van der Waals surface area contributed by atoms with Gasteiger partial charge >= 0.3 is 0 Å². The van der Waals surface area contributed by atoms with E-state index in [9.17, 15) is 5.11 Å². The lowest BCUT2D eigenvalue weighted by molar-refractivity contribution is -0.0946. The van der Waals surface area contributed by atoms with Gasteiger partial charge in [-0.25, -0.2) is 0 Å². The van der Waals surface area contributed by atoms with Gasteiger partial charge in [0, 0.05) is 6.04 Å². The summed E-state index contributed by atoms with van der Waals surface area (Å²) in [6.07, 6.45) is 6.46. The van der Waals surface area contributed by atoms with E-state index in [1.807, 2.05) is 26.0 Å². The van der Waals surface area contributed by atoms with Gasteiger partial charge in [-0.15, -0.1) is 0 Å². The fourth-order valence-electron chi connectivity index (χ4n) is 2.79. The van der Waals surface area contributed by atoms with Crippen LogP contribution in [0.4, 0.5) is 0 Å². The molecule has 21 heavy (non-hydrogen) atoms. The third-order valence-electron chi connectivity index (χ3n) is 4.48. The van der Waals surface area contributed by atoms with Gasteiger partial charge in [0.2, 0.25) is 0 Å². The normalized spacial score (nSPS) is 29.3. The third kappa shape index (κ3) is 4.06. The Morgan fingerprint density at radius 2 is 2.05 bits per heavy atom. The standard InChI is InChI=1S/C18H31NO2/c1-8-11-16-13(4)19(12-21-18(6,7)10-3)17(14(5)20)15(16)9-2/h8-9,11,13-14,17,20H,1,10,12H2,2-7H3/b15-9+,16-11-. The van der Waals surface area contributed by atoms with E-state index in [0.717, 1.165) is 6.42 Å². The van der Waals surface area contributed by atoms with E-state index in [0.29, 0.717) is 6.73 Å². The van der Waals surface area contributed by atoms with Crippen molar-refractivity contribution in [1.82, 2.24) is 4.90 Å². The van der Waals surface area contributed by atoms with E-state index in [-0.39, 0.29) is 17.7 Å². The minimum Gasteiger partial charge on any atom is -0.391 e. The number of hydrogen-bond acceptors (Lipinski definition) is 3. The Kier molecular flexibility index (Phi) is 6.39. The fraction of sp³-hybridized carbons (Fsp3) is 0.667. The van der Waals surface area contributed by atoms with Crippen LogP contribution in [0.15, 0.2) is 36.0 Å². The first-order chi connectivity index (χ1) is 9.79. The molecule has 3 atom stereocenters. The molecule has 0 aromatic carbocycles. The zero-order valence-corrected chi connectivity index (χ0v) is 14.4. The second-order valence-electron chi connectivity index (χ2n) is 6.36. The molecule has 1 aliphatic heterocycles. The quantitative estimate of drug-likeness (QED) is 0.811. The summed E-state index contributed by atoms with van der Waals surface area (Å²) in [6, 6.07) is 0.185. The first-order valence-corrected chi connectivity index (χ1v) is 7.86. The highest BCUT2D eigenvalue weighted by Gasteiger charge is 2.41. The van der Waals surface area contributed by atoms with Gasteiger partial charge < -0.3 is 9.84 Å². The maximum absolute atomic E-state index is 10.2. The van der Waals surface area contributed by atoms with E-state index in [1.165, 1.54) is 11.1 Å². The van der Waals surface area contributed by atoms with E-state index in [2.05, 4.69) is 45.2 Å². The average molecular weight is 293 g/mol. The summed E-state index contributed by atoms with van der Waals surface area (Å²) < 4.78 is 6.07. The minimum atomic E-state index is -0.442. The molecule has 0 amide bonds. The van der Waals surface area contributed by atoms with Gasteiger partial charge in [0.05, 0.1) is 17.7 Å². The molecule has 1 N–H and O–H groups in total. The summed E-state index contributed by atoms with van der Waals surface area (Å²) in [7, 11) is 0. The van der Waals surface area contributed by atoms with Crippen LogP contribution in [-0.2, 0) is 4.74 Å². The molecule has 1 fully saturated rings. The van der Waals surface area contributed by atoms with E-state index < -0.39 is 6.10 Å². The van der Waals surface area contributed by atoms with Crippen molar-refractivity contribution in [3.63, 3.8) is 0 Å². The molecule has 3 heteroatoms. The van der Waals surface area contributed by atoms with Crippen LogP contribution in [0.25, 0.3) is 0 Å². The van der Waals surface area contributed by atoms with Crippen LogP contribution in [0.1, 0.15) is 48.0 Å². The van der Waals surface area contributed by atoms with Crippen LogP contribution < -0.4 is 0 Å². The summed E-state index contributed by atoms with van der Waals surface area (Å²) in [4.78, 5) is 2.23. The molecule has 1 heterocycles. The number of rotatable bonds is 6. The number of likely N-dealkylation sites (tertiary alicyclic amines) is 1. The molecule has 3 unspecified atom stereocenters. The highest BCUT2D eigenvalue weighted by molar-refractivity contribution is 5.46. The predicted molar refractivity (Wildman–Crippen MR) is 89.1 cm³/mol. The van der Waals surface area contributed by atoms with E-state index in [4.69, 9.17) is 4.74 Å². The Morgan fingerprint density at radius 3 is 2.48 bits per heavy atom. The summed E-state index contributed by atoms with van der Waals surface area (Å²) >= 11 is 0. The minimum absolute atomic E-state index is 0.0242. The zero-order valence-electron chi connectivity index (χ0n) is 14.4. The van der Waals surface area contributed by atoms with Gasteiger partial charge in [-0.2, -0.15) is 0 Å². The lowest BCUT2D eigenvalue weighted by atomic mass is 9.97. The van der Waals surface area contributed by atoms with E-state index >= 15 is 0 Å². The van der Waals surface area contributed by atoms with E-state index in [1.54, 1.807) is 0 Å². The first-order valence-electron chi connectivity index (χ1n) is 7.86. The molecule has 120 valence electrons. The van der Waals surface area contributed by atoms with Crippen LogP contribution in [0.5, 0.6) is 0 Å². The molecule has 0 bridgehead atoms. The Balaban J connectivity index is 3.05. The van der Waals surface area contributed by atoms with Gasteiger partial charge in [0.1, 0.15) is 6.73 Å². The molecule has 3 nitrogen and oxygen atoms in total. The second kappa shape index (κ2) is 7.39. The largest absolute Gasteiger partial charge is 0.391 e. The number of allylic oxidation sites excluding steroid dienone is 3. The van der Waals surface area contributed by atoms with Crippen molar-refractivity contribution in [2.45, 2.75) is 71.8 Å². The van der Waals surface area contributed by atoms with Crippen LogP contribution in [0.2, 0.25) is 0 Å². The number of hydrogen-bond donors (Lipinski definition) is 1. The number of ether oxygens (including phenoxy) is 1. The number of aliphatic hydroxyl groups excluding tert-OH is 1. The van der Waals surface area contributed by atoms with Crippen LogP contribution in [-0.4, -0.2) is 40.5 Å². The first kappa shape index (κ1) is 18.1. The van der Waals surface area contributed by atoms with Crippen molar-refractivity contribution >= 4 is 0 Å². The molecule has 0 aromatic heterocycles. The maximum atomic E-state index is 10.2. The highest BCUT2D eigenvalue weighted by atomic mass is 16.5. The molecule has 0 aromatic rings. The molecule has 0 spiro atoms. The van der Waals surface area contributed by atoms with Crippen molar-refractivity contribution in [3.05, 3.63) is 36.0 Å². The molecule has 1 rings (SSSR count). The van der Waals surface area contributed by atoms with Gasteiger partial charge in [0.15, 0.2) is 0 Å². The second-order valence-corrected chi connectivity index (χ2v) is 6.36. The SMILES string of the molecule is C=C/C=C1\C(=C/C)C(C(C)O)N(COC(C)(C)CC)C1C.